The van der Waals surface area contributed by atoms with Gasteiger partial charge in [-0.05, 0) is 24.0 Å². The van der Waals surface area contributed by atoms with Gasteiger partial charge in [-0.1, -0.05) is 88.7 Å². The van der Waals surface area contributed by atoms with Crippen molar-refractivity contribution >= 4 is 45.4 Å². The number of aliphatic hydroxyl groups is 1. The zero-order valence-electron chi connectivity index (χ0n) is 27.9. The van der Waals surface area contributed by atoms with Gasteiger partial charge in [0.25, 0.3) is 0 Å². The van der Waals surface area contributed by atoms with E-state index in [-0.39, 0.29) is 34.4 Å². The molecular formula is C38H47BrN4O5S. The van der Waals surface area contributed by atoms with Crippen molar-refractivity contribution in [2.24, 2.45) is 11.8 Å². The fourth-order valence-electron chi connectivity index (χ4n) is 8.27. The van der Waals surface area contributed by atoms with Gasteiger partial charge in [-0.15, -0.1) is 24.9 Å². The Hall–Kier alpha value is -2.96. The van der Waals surface area contributed by atoms with Gasteiger partial charge in [0.15, 0.2) is 0 Å². The first-order chi connectivity index (χ1) is 23.8. The van der Waals surface area contributed by atoms with E-state index in [0.29, 0.717) is 58.8 Å². The van der Waals surface area contributed by atoms with Gasteiger partial charge in [0.05, 0.1) is 42.4 Å². The number of rotatable bonds is 15. The highest BCUT2D eigenvalue weighted by Crippen LogP contribution is 2.68. The number of alkyl halides is 1. The first kappa shape index (κ1) is 35.9. The number of thioether (sulfide) groups is 1. The normalized spacial score (nSPS) is 28.2. The molecule has 9 nitrogen and oxygen atoms in total. The van der Waals surface area contributed by atoms with Crippen molar-refractivity contribution in [1.82, 2.24) is 19.6 Å². The number of carbonyl (C=O) groups is 3. The van der Waals surface area contributed by atoms with Crippen LogP contribution in [0.15, 0.2) is 86.0 Å². The number of carbonyl (C=O) groups excluding carboxylic acids is 3. The Kier molecular flexibility index (Phi) is 11.7. The third-order valence-corrected chi connectivity index (χ3v) is 13.7. The minimum Gasteiger partial charge on any atom is -0.394 e. The molecule has 0 aliphatic carbocycles. The van der Waals surface area contributed by atoms with E-state index in [9.17, 15) is 9.90 Å². The molecule has 2 bridgehead atoms. The Bertz CT molecular complexity index is 1490. The van der Waals surface area contributed by atoms with Crippen LogP contribution in [0.2, 0.25) is 0 Å². The van der Waals surface area contributed by atoms with Crippen LogP contribution in [-0.2, 0) is 32.1 Å². The van der Waals surface area contributed by atoms with Gasteiger partial charge < -0.3 is 24.5 Å². The molecule has 4 aliphatic heterocycles. The van der Waals surface area contributed by atoms with Gasteiger partial charge in [0.1, 0.15) is 6.04 Å². The summed E-state index contributed by atoms with van der Waals surface area (Å²) in [4.78, 5) is 52.2. The number of morpholine rings is 1. The maximum atomic E-state index is 15.0. The van der Waals surface area contributed by atoms with E-state index in [4.69, 9.17) is 4.74 Å². The molecule has 0 saturated carbocycles. The van der Waals surface area contributed by atoms with Crippen molar-refractivity contribution in [3.8, 4) is 0 Å². The van der Waals surface area contributed by atoms with Gasteiger partial charge in [-0.3, -0.25) is 19.3 Å². The smallest absolute Gasteiger partial charge is 0.247 e. The lowest BCUT2D eigenvalue weighted by atomic mass is 9.70. The zero-order chi connectivity index (χ0) is 34.5. The molecule has 3 unspecified atom stereocenters. The van der Waals surface area contributed by atoms with Crippen LogP contribution in [0, 0.1) is 11.8 Å². The van der Waals surface area contributed by atoms with Gasteiger partial charge in [0, 0.05) is 55.9 Å². The van der Waals surface area contributed by atoms with Crippen molar-refractivity contribution in [1.29, 1.82) is 0 Å². The molecule has 4 heterocycles. The number of ether oxygens (including phenoxy) is 1. The van der Waals surface area contributed by atoms with Crippen molar-refractivity contribution in [3.05, 3.63) is 97.1 Å². The summed E-state index contributed by atoms with van der Waals surface area (Å²) in [7, 11) is 0. The molecule has 1 N–H and O–H groups in total. The molecule has 6 rings (SSSR count). The molecule has 49 heavy (non-hydrogen) atoms. The van der Waals surface area contributed by atoms with Crippen molar-refractivity contribution in [2.45, 2.75) is 46.3 Å². The Morgan fingerprint density at radius 1 is 1.00 bits per heavy atom. The Balaban J connectivity index is 1.37. The Morgan fingerprint density at radius 3 is 2.27 bits per heavy atom. The molecule has 1 spiro atoms. The van der Waals surface area contributed by atoms with Crippen LogP contribution >= 0.6 is 27.7 Å². The van der Waals surface area contributed by atoms with E-state index in [1.54, 1.807) is 33.7 Å². The second kappa shape index (κ2) is 15.9. The highest BCUT2D eigenvalue weighted by atomic mass is 79.9. The molecule has 11 heteroatoms. The molecule has 262 valence electrons. The first-order valence-corrected chi connectivity index (χ1v) is 19.0. The summed E-state index contributed by atoms with van der Waals surface area (Å²) in [5, 5.41) is 10.7. The minimum absolute atomic E-state index is 0.0593. The van der Waals surface area contributed by atoms with Crippen LogP contribution in [0.1, 0.15) is 17.5 Å². The van der Waals surface area contributed by atoms with E-state index >= 15 is 9.59 Å². The van der Waals surface area contributed by atoms with Crippen LogP contribution in [0.5, 0.6) is 0 Å². The Labute approximate surface area is 302 Å². The molecule has 4 aliphatic rings. The molecule has 0 radical (unpaired) electrons. The van der Waals surface area contributed by atoms with Crippen LogP contribution in [0.4, 0.5) is 0 Å². The number of halogens is 1. The number of fused-ring (bicyclic) bond motifs is 1. The molecular weight excluding hydrogens is 704 g/mol. The lowest BCUT2D eigenvalue weighted by molar-refractivity contribution is -0.147. The third kappa shape index (κ3) is 7.15. The topological polar surface area (TPSA) is 93.6 Å². The lowest BCUT2D eigenvalue weighted by Crippen LogP contribution is -2.59. The van der Waals surface area contributed by atoms with Crippen LogP contribution in [0.25, 0.3) is 0 Å². The van der Waals surface area contributed by atoms with Gasteiger partial charge in [0.2, 0.25) is 17.7 Å². The number of likely N-dealkylation sites (tertiary alicyclic amines) is 1. The molecule has 7 atom stereocenters. The second-order valence-electron chi connectivity index (χ2n) is 13.5. The molecule has 3 amide bonds. The maximum absolute atomic E-state index is 15.0. The van der Waals surface area contributed by atoms with E-state index in [1.165, 1.54) is 0 Å². The quantitative estimate of drug-likeness (QED) is 0.220. The van der Waals surface area contributed by atoms with Crippen molar-refractivity contribution in [2.75, 3.05) is 59.1 Å². The molecule has 4 fully saturated rings. The maximum Gasteiger partial charge on any atom is 0.247 e. The summed E-state index contributed by atoms with van der Waals surface area (Å²) < 4.78 is 4.70. The zero-order valence-corrected chi connectivity index (χ0v) is 30.3. The number of amides is 3. The lowest BCUT2D eigenvalue weighted by Gasteiger charge is -2.40. The molecule has 4 saturated heterocycles. The van der Waals surface area contributed by atoms with E-state index in [0.717, 1.165) is 24.2 Å². The predicted molar refractivity (Wildman–Crippen MR) is 196 cm³/mol. The standard InChI is InChI=1S/C38H47BrN4O5S/c1-3-15-41(18-17-40-19-21-48-22-20-40)37(47)34-38-24-30(39)33(49-38)31(35(45)42(16-4-2)25-28-13-9-6-10-14-28)32(38)36(46)43(34)29(26-44)23-27-11-7-5-8-12-27/h3-14,29-34,44H,1-2,15-26H2/t29-,30?,31+,32+,33+,34?,38?/m1/s1. The largest absolute Gasteiger partial charge is 0.394 e. The van der Waals surface area contributed by atoms with Gasteiger partial charge in [-0.2, -0.15) is 0 Å². The number of aliphatic hydroxyl groups excluding tert-OH is 1. The molecule has 0 aromatic heterocycles. The third-order valence-electron chi connectivity index (χ3n) is 10.5. The minimum atomic E-state index is -0.842. The number of hydrogen-bond donors (Lipinski definition) is 1. The van der Waals surface area contributed by atoms with Gasteiger partial charge in [-0.25, -0.2) is 0 Å². The fraction of sp³-hybridized carbons (Fsp3) is 0.500. The van der Waals surface area contributed by atoms with Crippen LogP contribution < -0.4 is 0 Å². The second-order valence-corrected chi connectivity index (χ2v) is 16.2. The first-order valence-electron chi connectivity index (χ1n) is 17.2. The van der Waals surface area contributed by atoms with Crippen molar-refractivity contribution in [3.63, 3.8) is 0 Å². The number of hydrogen-bond acceptors (Lipinski definition) is 7. The van der Waals surface area contributed by atoms with Crippen molar-refractivity contribution < 1.29 is 24.2 Å². The monoisotopic (exact) mass is 750 g/mol. The number of nitrogens with zero attached hydrogens (tertiary/aromatic N) is 4. The summed E-state index contributed by atoms with van der Waals surface area (Å²) >= 11 is 5.55. The van der Waals surface area contributed by atoms with Crippen LogP contribution in [-0.4, -0.2) is 128 Å². The van der Waals surface area contributed by atoms with Crippen LogP contribution in [0.3, 0.4) is 0 Å². The summed E-state index contributed by atoms with van der Waals surface area (Å²) in [5.41, 5.74) is 1.96. The highest BCUT2D eigenvalue weighted by Gasteiger charge is 2.76. The SMILES string of the molecule is C=CCN(CCN1CCOCC1)C(=O)C1N([C@@H](CO)Cc2ccccc2)C(=O)[C@@H]2[C@H](C(=O)N(CC=C)Cc3ccccc3)[C@H]3SC12CC3Br. The molecule has 2 aromatic carbocycles. The predicted octanol–water partition coefficient (Wildman–Crippen LogP) is 3.62. The summed E-state index contributed by atoms with van der Waals surface area (Å²) in [5.74, 6) is -1.79. The summed E-state index contributed by atoms with van der Waals surface area (Å²) in [6.45, 7) is 12.7. The summed E-state index contributed by atoms with van der Waals surface area (Å²) in [6, 6.07) is 18.1. The summed E-state index contributed by atoms with van der Waals surface area (Å²) in [6.07, 6.45) is 4.42. The number of benzene rings is 2. The van der Waals surface area contributed by atoms with Gasteiger partial charge >= 0.3 is 0 Å². The molecule has 2 aromatic rings. The highest BCUT2D eigenvalue weighted by molar-refractivity contribution is 9.09. The fourth-order valence-corrected chi connectivity index (χ4v) is 11.9. The van der Waals surface area contributed by atoms with E-state index in [2.05, 4.69) is 34.0 Å². The van der Waals surface area contributed by atoms with E-state index < -0.39 is 28.7 Å². The average molecular weight is 752 g/mol. The Morgan fingerprint density at radius 2 is 1.63 bits per heavy atom. The van der Waals surface area contributed by atoms with E-state index in [1.807, 2.05) is 65.6 Å². The average Bonchev–Trinajstić information content (AvgIpc) is 3.72.